The van der Waals surface area contributed by atoms with E-state index in [0.29, 0.717) is 6.04 Å². The first kappa shape index (κ1) is 8.98. The first-order valence-electron chi connectivity index (χ1n) is 5.53. The summed E-state index contributed by atoms with van der Waals surface area (Å²) in [5, 5.41) is 1.22. The Balaban J connectivity index is 2.04. The van der Waals surface area contributed by atoms with Crippen LogP contribution in [-0.2, 0) is 0 Å². The first-order chi connectivity index (χ1) is 7.34. The van der Waals surface area contributed by atoms with E-state index < -0.39 is 0 Å². The predicted molar refractivity (Wildman–Crippen MR) is 60.8 cm³/mol. The minimum Gasteiger partial charge on any atom is -0.459 e. The smallest absolute Gasteiger partial charge is 0.134 e. The molecule has 15 heavy (non-hydrogen) atoms. The van der Waals surface area contributed by atoms with Crippen LogP contribution in [-0.4, -0.2) is 18.5 Å². The van der Waals surface area contributed by atoms with Crippen LogP contribution in [0.1, 0.15) is 24.6 Å². The molecule has 2 nitrogen and oxygen atoms in total. The molecule has 2 aromatic rings. The molecule has 0 unspecified atom stereocenters. The molecule has 1 aromatic carbocycles. The zero-order chi connectivity index (χ0) is 10.3. The summed E-state index contributed by atoms with van der Waals surface area (Å²) in [6, 6.07) is 10.9. The van der Waals surface area contributed by atoms with Crippen molar-refractivity contribution in [1.82, 2.24) is 4.90 Å². The van der Waals surface area contributed by atoms with Crippen LogP contribution in [0.5, 0.6) is 0 Å². The Hall–Kier alpha value is -1.28. The van der Waals surface area contributed by atoms with Gasteiger partial charge in [-0.2, -0.15) is 0 Å². The van der Waals surface area contributed by atoms with Crippen LogP contribution in [0.25, 0.3) is 11.0 Å². The second kappa shape index (κ2) is 3.38. The monoisotopic (exact) mass is 201 g/mol. The van der Waals surface area contributed by atoms with E-state index >= 15 is 0 Å². The van der Waals surface area contributed by atoms with Crippen molar-refractivity contribution in [2.24, 2.45) is 0 Å². The molecular formula is C13H15NO. The van der Waals surface area contributed by atoms with Crippen molar-refractivity contribution in [3.8, 4) is 0 Å². The Morgan fingerprint density at radius 2 is 2.20 bits per heavy atom. The molecule has 0 spiro atoms. The second-order valence-corrected chi connectivity index (χ2v) is 4.33. The number of likely N-dealkylation sites (tertiary alicyclic amines) is 1. The normalized spacial score (nSPS) is 22.6. The van der Waals surface area contributed by atoms with E-state index in [1.54, 1.807) is 0 Å². The van der Waals surface area contributed by atoms with Crippen molar-refractivity contribution in [3.05, 3.63) is 36.1 Å². The third kappa shape index (κ3) is 1.45. The van der Waals surface area contributed by atoms with E-state index in [2.05, 4.69) is 30.1 Å². The van der Waals surface area contributed by atoms with Crippen molar-refractivity contribution >= 4 is 11.0 Å². The molecular weight excluding hydrogens is 186 g/mol. The highest BCUT2D eigenvalue weighted by Crippen LogP contribution is 2.33. The van der Waals surface area contributed by atoms with Crippen LogP contribution < -0.4 is 0 Å². The fraction of sp³-hybridized carbons (Fsp3) is 0.385. The number of rotatable bonds is 1. The van der Waals surface area contributed by atoms with Crippen LogP contribution in [0.4, 0.5) is 0 Å². The number of fused-ring (bicyclic) bond motifs is 1. The van der Waals surface area contributed by atoms with Crippen LogP contribution in [0.15, 0.2) is 34.7 Å². The summed E-state index contributed by atoms with van der Waals surface area (Å²) in [6.07, 6.45) is 2.49. The number of hydrogen-bond donors (Lipinski definition) is 0. The molecule has 0 saturated carbocycles. The molecule has 2 heteroatoms. The fourth-order valence-corrected chi connectivity index (χ4v) is 2.44. The number of hydrogen-bond acceptors (Lipinski definition) is 2. The molecule has 0 radical (unpaired) electrons. The standard InChI is InChI=1S/C13H15NO/c1-14-8-4-6-11(14)13-9-10-5-2-3-7-12(10)15-13/h2-3,5,7,9,11H,4,6,8H2,1H3/t11-/m0/s1. The Kier molecular flexibility index (Phi) is 2.03. The summed E-state index contributed by atoms with van der Waals surface area (Å²) in [5.74, 6) is 1.12. The lowest BCUT2D eigenvalue weighted by Gasteiger charge is -2.16. The van der Waals surface area contributed by atoms with E-state index in [9.17, 15) is 0 Å². The summed E-state index contributed by atoms with van der Waals surface area (Å²) in [6.45, 7) is 1.18. The fourth-order valence-electron chi connectivity index (χ4n) is 2.44. The highest BCUT2D eigenvalue weighted by atomic mass is 16.3. The first-order valence-corrected chi connectivity index (χ1v) is 5.53. The highest BCUT2D eigenvalue weighted by molar-refractivity contribution is 5.77. The molecule has 1 atom stereocenters. The summed E-state index contributed by atoms with van der Waals surface area (Å²) in [5.41, 5.74) is 1.01. The summed E-state index contributed by atoms with van der Waals surface area (Å²) in [4.78, 5) is 2.37. The molecule has 3 rings (SSSR count). The van der Waals surface area contributed by atoms with E-state index in [0.717, 1.165) is 11.3 Å². The van der Waals surface area contributed by atoms with E-state index in [1.807, 2.05) is 12.1 Å². The third-order valence-electron chi connectivity index (χ3n) is 3.29. The summed E-state index contributed by atoms with van der Waals surface area (Å²) in [7, 11) is 2.17. The Morgan fingerprint density at radius 1 is 1.33 bits per heavy atom. The third-order valence-corrected chi connectivity index (χ3v) is 3.29. The molecule has 1 aromatic heterocycles. The van der Waals surface area contributed by atoms with Gasteiger partial charge in [0.1, 0.15) is 11.3 Å². The predicted octanol–water partition coefficient (Wildman–Crippen LogP) is 3.20. The zero-order valence-corrected chi connectivity index (χ0v) is 8.94. The average Bonchev–Trinajstić information content (AvgIpc) is 2.82. The quantitative estimate of drug-likeness (QED) is 0.704. The van der Waals surface area contributed by atoms with Crippen molar-refractivity contribution < 1.29 is 4.42 Å². The van der Waals surface area contributed by atoms with Gasteiger partial charge in [0.15, 0.2) is 0 Å². The van der Waals surface area contributed by atoms with Gasteiger partial charge in [0, 0.05) is 5.39 Å². The number of nitrogens with zero attached hydrogens (tertiary/aromatic N) is 1. The van der Waals surface area contributed by atoms with Crippen molar-refractivity contribution in [3.63, 3.8) is 0 Å². The molecule has 0 N–H and O–H groups in total. The lowest BCUT2D eigenvalue weighted by atomic mass is 10.1. The van der Waals surface area contributed by atoms with Gasteiger partial charge in [-0.25, -0.2) is 0 Å². The molecule has 1 aliphatic rings. The van der Waals surface area contributed by atoms with Crippen molar-refractivity contribution in [2.75, 3.05) is 13.6 Å². The van der Waals surface area contributed by atoms with Crippen LogP contribution in [0, 0.1) is 0 Å². The van der Waals surface area contributed by atoms with Gasteiger partial charge < -0.3 is 4.42 Å². The number of benzene rings is 1. The number of furan rings is 1. The maximum atomic E-state index is 5.88. The van der Waals surface area contributed by atoms with E-state index in [-0.39, 0.29) is 0 Å². The van der Waals surface area contributed by atoms with Crippen LogP contribution in [0.2, 0.25) is 0 Å². The summed E-state index contributed by atoms with van der Waals surface area (Å²) < 4.78 is 5.88. The van der Waals surface area contributed by atoms with Crippen LogP contribution in [0.3, 0.4) is 0 Å². The molecule has 2 heterocycles. The zero-order valence-electron chi connectivity index (χ0n) is 8.94. The highest BCUT2D eigenvalue weighted by Gasteiger charge is 2.25. The van der Waals surface area contributed by atoms with Gasteiger partial charge in [-0.05, 0) is 38.6 Å². The SMILES string of the molecule is CN1CCC[C@H]1c1cc2ccccc2o1. The van der Waals surface area contributed by atoms with Gasteiger partial charge in [0.05, 0.1) is 6.04 Å². The average molecular weight is 201 g/mol. The number of para-hydroxylation sites is 1. The summed E-state index contributed by atoms with van der Waals surface area (Å²) >= 11 is 0. The van der Waals surface area contributed by atoms with Gasteiger partial charge in [-0.1, -0.05) is 18.2 Å². The molecule has 0 amide bonds. The largest absolute Gasteiger partial charge is 0.459 e. The molecule has 1 saturated heterocycles. The molecule has 1 fully saturated rings. The Labute approximate surface area is 89.5 Å². The van der Waals surface area contributed by atoms with Crippen molar-refractivity contribution in [2.45, 2.75) is 18.9 Å². The minimum absolute atomic E-state index is 0.484. The molecule has 0 aliphatic carbocycles. The Bertz CT molecular complexity index is 441. The maximum Gasteiger partial charge on any atom is 0.134 e. The van der Waals surface area contributed by atoms with Crippen LogP contribution >= 0.6 is 0 Å². The van der Waals surface area contributed by atoms with Gasteiger partial charge in [0.25, 0.3) is 0 Å². The minimum atomic E-state index is 0.484. The maximum absolute atomic E-state index is 5.88. The van der Waals surface area contributed by atoms with E-state index in [1.165, 1.54) is 24.8 Å². The lowest BCUT2D eigenvalue weighted by molar-refractivity contribution is 0.281. The van der Waals surface area contributed by atoms with E-state index in [4.69, 9.17) is 4.42 Å². The van der Waals surface area contributed by atoms with Gasteiger partial charge in [-0.3, -0.25) is 4.90 Å². The van der Waals surface area contributed by atoms with Gasteiger partial charge in [-0.15, -0.1) is 0 Å². The van der Waals surface area contributed by atoms with Gasteiger partial charge >= 0.3 is 0 Å². The van der Waals surface area contributed by atoms with Crippen molar-refractivity contribution in [1.29, 1.82) is 0 Å². The molecule has 1 aliphatic heterocycles. The lowest BCUT2D eigenvalue weighted by Crippen LogP contribution is -2.16. The Morgan fingerprint density at radius 3 is 2.93 bits per heavy atom. The topological polar surface area (TPSA) is 16.4 Å². The molecule has 0 bridgehead atoms. The second-order valence-electron chi connectivity index (χ2n) is 4.33. The molecule has 78 valence electrons. The van der Waals surface area contributed by atoms with Gasteiger partial charge in [0.2, 0.25) is 0 Å².